The van der Waals surface area contributed by atoms with Crippen LogP contribution < -0.4 is 0 Å². The molecule has 0 bridgehead atoms. The molecule has 0 amide bonds. The summed E-state index contributed by atoms with van der Waals surface area (Å²) in [4.78, 5) is 16.2. The molecule has 0 saturated heterocycles. The van der Waals surface area contributed by atoms with Gasteiger partial charge in [0.2, 0.25) is 0 Å². The van der Waals surface area contributed by atoms with E-state index < -0.39 is 5.97 Å². The van der Waals surface area contributed by atoms with E-state index in [1.165, 1.54) is 0 Å². The van der Waals surface area contributed by atoms with Crippen LogP contribution in [-0.4, -0.2) is 22.0 Å². The van der Waals surface area contributed by atoms with E-state index in [0.29, 0.717) is 18.1 Å². The average molecular weight is 256 g/mol. The minimum Gasteiger partial charge on any atom is -0.463 e. The van der Waals surface area contributed by atoms with Crippen LogP contribution in [0.3, 0.4) is 0 Å². The summed E-state index contributed by atoms with van der Waals surface area (Å²) in [6.07, 6.45) is 5.06. The lowest BCUT2D eigenvalue weighted by atomic mass is 10.2. The number of hydrogen-bond donors (Lipinski definition) is 0. The third-order valence-corrected chi connectivity index (χ3v) is 2.79. The van der Waals surface area contributed by atoms with Crippen LogP contribution in [0.25, 0.3) is 17.0 Å². The van der Waals surface area contributed by atoms with E-state index in [1.807, 2.05) is 22.7 Å². The molecule has 3 rings (SSSR count). The standard InChI is InChI=1S/C14H12N2O3/c1-2-18-14(17)12-13(11-6-4-8-19-11)16-7-3-5-10(16)9-15-12/h3-9H,2H2,1H3. The number of ether oxygens (including phenoxy) is 1. The van der Waals surface area contributed by atoms with Crippen molar-refractivity contribution in [2.75, 3.05) is 6.61 Å². The van der Waals surface area contributed by atoms with Gasteiger partial charge in [-0.25, -0.2) is 9.78 Å². The van der Waals surface area contributed by atoms with Gasteiger partial charge < -0.3 is 13.6 Å². The number of nitrogens with zero attached hydrogens (tertiary/aromatic N) is 2. The van der Waals surface area contributed by atoms with Crippen molar-refractivity contribution in [3.63, 3.8) is 0 Å². The predicted octanol–water partition coefficient (Wildman–Crippen LogP) is 2.77. The summed E-state index contributed by atoms with van der Waals surface area (Å²) >= 11 is 0. The number of carbonyl (C=O) groups excluding carboxylic acids is 1. The third-order valence-electron chi connectivity index (χ3n) is 2.79. The summed E-state index contributed by atoms with van der Waals surface area (Å²) < 4.78 is 12.3. The van der Waals surface area contributed by atoms with E-state index >= 15 is 0 Å². The summed E-state index contributed by atoms with van der Waals surface area (Å²) in [6, 6.07) is 7.36. The average Bonchev–Trinajstić information content (AvgIpc) is 3.08. The highest BCUT2D eigenvalue weighted by Crippen LogP contribution is 2.25. The van der Waals surface area contributed by atoms with Crippen molar-refractivity contribution >= 4 is 11.5 Å². The van der Waals surface area contributed by atoms with Crippen molar-refractivity contribution in [3.05, 3.63) is 48.6 Å². The van der Waals surface area contributed by atoms with Crippen LogP contribution in [0.4, 0.5) is 0 Å². The number of aromatic nitrogens is 2. The Morgan fingerprint density at radius 2 is 2.32 bits per heavy atom. The van der Waals surface area contributed by atoms with Crippen LogP contribution in [0.1, 0.15) is 17.4 Å². The molecule has 3 aromatic heterocycles. The van der Waals surface area contributed by atoms with Gasteiger partial charge in [0.05, 0.1) is 24.6 Å². The van der Waals surface area contributed by atoms with Crippen LogP contribution in [0.15, 0.2) is 47.3 Å². The topological polar surface area (TPSA) is 56.7 Å². The van der Waals surface area contributed by atoms with Gasteiger partial charge in [-0.05, 0) is 31.2 Å². The van der Waals surface area contributed by atoms with Gasteiger partial charge in [-0.2, -0.15) is 0 Å². The number of carbonyl (C=O) groups is 1. The van der Waals surface area contributed by atoms with E-state index in [2.05, 4.69) is 4.98 Å². The molecule has 19 heavy (non-hydrogen) atoms. The SMILES string of the molecule is CCOC(=O)c1ncc2cccn2c1-c1ccco1. The van der Waals surface area contributed by atoms with E-state index in [9.17, 15) is 4.79 Å². The fourth-order valence-corrected chi connectivity index (χ4v) is 2.01. The molecule has 3 aromatic rings. The molecule has 5 heteroatoms. The molecule has 0 atom stereocenters. The Bertz CT molecular complexity index is 713. The molecule has 96 valence electrons. The lowest BCUT2D eigenvalue weighted by molar-refractivity contribution is 0.0519. The highest BCUT2D eigenvalue weighted by atomic mass is 16.5. The quantitative estimate of drug-likeness (QED) is 0.676. The Labute approximate surface area is 109 Å². The maximum atomic E-state index is 12.0. The summed E-state index contributed by atoms with van der Waals surface area (Å²) in [5, 5.41) is 0. The number of esters is 1. The Morgan fingerprint density at radius 3 is 3.05 bits per heavy atom. The first kappa shape index (κ1) is 11.5. The molecule has 3 heterocycles. The number of furan rings is 1. The molecule has 0 aliphatic rings. The van der Waals surface area contributed by atoms with E-state index in [0.717, 1.165) is 5.52 Å². The third kappa shape index (κ3) is 1.89. The highest BCUT2D eigenvalue weighted by molar-refractivity contribution is 5.94. The monoisotopic (exact) mass is 256 g/mol. The Hall–Kier alpha value is -2.56. The molecule has 0 radical (unpaired) electrons. The lowest BCUT2D eigenvalue weighted by Crippen LogP contribution is -2.11. The summed E-state index contributed by atoms with van der Waals surface area (Å²) in [7, 11) is 0. The van der Waals surface area contributed by atoms with Crippen molar-refractivity contribution in [2.45, 2.75) is 6.92 Å². The van der Waals surface area contributed by atoms with Gasteiger partial charge in [0.15, 0.2) is 11.5 Å². The zero-order valence-corrected chi connectivity index (χ0v) is 10.4. The molecular formula is C14H12N2O3. The first-order valence-electron chi connectivity index (χ1n) is 5.98. The number of fused-ring (bicyclic) bond motifs is 1. The molecule has 0 aliphatic carbocycles. The fourth-order valence-electron chi connectivity index (χ4n) is 2.01. The number of hydrogen-bond acceptors (Lipinski definition) is 4. The van der Waals surface area contributed by atoms with Crippen molar-refractivity contribution < 1.29 is 13.9 Å². The molecule has 5 nitrogen and oxygen atoms in total. The van der Waals surface area contributed by atoms with Crippen LogP contribution in [0.2, 0.25) is 0 Å². The molecule has 0 fully saturated rings. The number of rotatable bonds is 3. The molecule has 0 saturated carbocycles. The first-order chi connectivity index (χ1) is 9.31. The van der Waals surface area contributed by atoms with Crippen molar-refractivity contribution in [3.8, 4) is 11.5 Å². The second-order valence-electron chi connectivity index (χ2n) is 3.96. The smallest absolute Gasteiger partial charge is 0.359 e. The minimum absolute atomic E-state index is 0.250. The van der Waals surface area contributed by atoms with Gasteiger partial charge >= 0.3 is 5.97 Å². The van der Waals surface area contributed by atoms with Crippen LogP contribution in [0, 0.1) is 0 Å². The van der Waals surface area contributed by atoms with Crippen LogP contribution in [0.5, 0.6) is 0 Å². The normalized spacial score (nSPS) is 10.8. The lowest BCUT2D eigenvalue weighted by Gasteiger charge is -2.09. The summed E-state index contributed by atoms with van der Waals surface area (Å²) in [5.74, 6) is 0.127. The predicted molar refractivity (Wildman–Crippen MR) is 68.9 cm³/mol. The second-order valence-corrected chi connectivity index (χ2v) is 3.96. The van der Waals surface area contributed by atoms with Gasteiger partial charge in [0.1, 0.15) is 5.69 Å². The Morgan fingerprint density at radius 1 is 1.42 bits per heavy atom. The molecule has 0 aliphatic heterocycles. The molecular weight excluding hydrogens is 244 g/mol. The second kappa shape index (κ2) is 4.61. The van der Waals surface area contributed by atoms with Gasteiger partial charge in [-0.3, -0.25) is 0 Å². The van der Waals surface area contributed by atoms with Gasteiger partial charge in [0, 0.05) is 6.20 Å². The van der Waals surface area contributed by atoms with E-state index in [1.54, 1.807) is 31.5 Å². The Balaban J connectivity index is 2.26. The van der Waals surface area contributed by atoms with Gasteiger partial charge in [0.25, 0.3) is 0 Å². The minimum atomic E-state index is -0.454. The Kier molecular flexibility index (Phi) is 2.79. The van der Waals surface area contributed by atoms with Crippen molar-refractivity contribution in [2.24, 2.45) is 0 Å². The van der Waals surface area contributed by atoms with Crippen molar-refractivity contribution in [1.82, 2.24) is 9.38 Å². The molecule has 0 unspecified atom stereocenters. The molecule has 0 spiro atoms. The maximum Gasteiger partial charge on any atom is 0.359 e. The summed E-state index contributed by atoms with van der Waals surface area (Å²) in [6.45, 7) is 2.07. The first-order valence-corrected chi connectivity index (χ1v) is 5.98. The van der Waals surface area contributed by atoms with Gasteiger partial charge in [-0.1, -0.05) is 0 Å². The largest absolute Gasteiger partial charge is 0.463 e. The molecule has 0 N–H and O–H groups in total. The molecule has 0 aromatic carbocycles. The highest BCUT2D eigenvalue weighted by Gasteiger charge is 2.20. The van der Waals surface area contributed by atoms with Crippen molar-refractivity contribution in [1.29, 1.82) is 0 Å². The maximum absolute atomic E-state index is 12.0. The zero-order chi connectivity index (χ0) is 13.2. The van der Waals surface area contributed by atoms with Gasteiger partial charge in [-0.15, -0.1) is 0 Å². The van der Waals surface area contributed by atoms with Crippen LogP contribution in [-0.2, 0) is 4.74 Å². The fraction of sp³-hybridized carbons (Fsp3) is 0.143. The summed E-state index contributed by atoms with van der Waals surface area (Å²) in [5.41, 5.74) is 1.74. The van der Waals surface area contributed by atoms with Crippen LogP contribution >= 0.6 is 0 Å². The van der Waals surface area contributed by atoms with E-state index in [-0.39, 0.29) is 5.69 Å². The zero-order valence-electron chi connectivity index (χ0n) is 10.4. The van der Waals surface area contributed by atoms with E-state index in [4.69, 9.17) is 9.15 Å².